The predicted octanol–water partition coefficient (Wildman–Crippen LogP) is 35.4. The average molecular weight is 1600 g/mol. The molecular formula is C126H84. The maximum atomic E-state index is 2.36. The number of hydrogen-bond acceptors (Lipinski definition) is 0. The van der Waals surface area contributed by atoms with Gasteiger partial charge < -0.3 is 0 Å². The average Bonchev–Trinajstić information content (AvgIpc) is 0.740. The fourth-order valence-corrected chi connectivity index (χ4v) is 19.7. The first kappa shape index (κ1) is 75.8. The zero-order valence-electron chi connectivity index (χ0n) is 69.5. The Morgan fingerprint density at radius 1 is 0.0794 bits per heavy atom. The summed E-state index contributed by atoms with van der Waals surface area (Å²) >= 11 is 0. The topological polar surface area (TPSA) is 0 Å². The fourth-order valence-electron chi connectivity index (χ4n) is 19.7. The van der Waals surface area contributed by atoms with Gasteiger partial charge in [-0.05, 0) is 249 Å². The summed E-state index contributed by atoms with van der Waals surface area (Å²) in [5, 5.41) is 22.8. The third kappa shape index (κ3) is 14.1. The molecule has 0 spiro atoms. The van der Waals surface area contributed by atoms with Crippen LogP contribution in [0.3, 0.4) is 0 Å². The van der Waals surface area contributed by atoms with Gasteiger partial charge in [-0.2, -0.15) is 0 Å². The molecule has 0 heteroatoms. The van der Waals surface area contributed by atoms with Gasteiger partial charge in [0.1, 0.15) is 0 Å². The molecular weight excluding hydrogens is 1510 g/mol. The Balaban J connectivity index is 0.000000112. The highest BCUT2D eigenvalue weighted by atomic mass is 14.3. The Labute approximate surface area is 734 Å². The van der Waals surface area contributed by atoms with E-state index in [0.29, 0.717) is 0 Å². The molecule has 0 amide bonds. The van der Waals surface area contributed by atoms with E-state index in [1.165, 1.54) is 230 Å². The molecule has 0 saturated carbocycles. The molecule has 24 aromatic rings. The Hall–Kier alpha value is -16.4. The van der Waals surface area contributed by atoms with E-state index in [4.69, 9.17) is 0 Å². The smallest absolute Gasteiger partial charge is 0.00201 e. The number of benzene rings is 24. The van der Waals surface area contributed by atoms with E-state index in [9.17, 15) is 0 Å². The van der Waals surface area contributed by atoms with Crippen molar-refractivity contribution in [1.29, 1.82) is 0 Å². The van der Waals surface area contributed by atoms with Crippen LogP contribution in [0.15, 0.2) is 510 Å². The molecule has 0 bridgehead atoms. The van der Waals surface area contributed by atoms with Gasteiger partial charge in [-0.1, -0.05) is 491 Å². The highest BCUT2D eigenvalue weighted by Crippen LogP contribution is 2.52. The van der Waals surface area contributed by atoms with Crippen LogP contribution in [-0.4, -0.2) is 0 Å². The summed E-state index contributed by atoms with van der Waals surface area (Å²) in [5.41, 5.74) is 30.1. The van der Waals surface area contributed by atoms with Crippen LogP contribution in [0.4, 0.5) is 0 Å². The van der Waals surface area contributed by atoms with Crippen molar-refractivity contribution >= 4 is 97.0 Å². The second-order valence-corrected chi connectivity index (χ2v) is 32.6. The molecule has 0 saturated heterocycles. The minimum atomic E-state index is 1.23. The normalized spacial score (nSPS) is 11.3. The summed E-state index contributed by atoms with van der Waals surface area (Å²) in [6.07, 6.45) is 0. The highest BCUT2D eigenvalue weighted by molar-refractivity contribution is 6.26. The van der Waals surface area contributed by atoms with Crippen molar-refractivity contribution in [3.05, 3.63) is 510 Å². The molecule has 0 aliphatic carbocycles. The maximum Gasteiger partial charge on any atom is -0.00201 e. The molecule has 0 heterocycles. The van der Waals surface area contributed by atoms with Gasteiger partial charge in [0, 0.05) is 0 Å². The molecule has 0 fully saturated rings. The van der Waals surface area contributed by atoms with Crippen molar-refractivity contribution < 1.29 is 0 Å². The molecule has 0 unspecified atom stereocenters. The van der Waals surface area contributed by atoms with Crippen LogP contribution in [0.5, 0.6) is 0 Å². The molecule has 0 atom stereocenters. The number of rotatable bonds is 12. The summed E-state index contributed by atoms with van der Waals surface area (Å²) in [6, 6.07) is 185. The molecule has 24 rings (SSSR count). The summed E-state index contributed by atoms with van der Waals surface area (Å²) in [7, 11) is 0. The minimum Gasteiger partial charge on any atom is -0.0622 e. The van der Waals surface area contributed by atoms with Crippen molar-refractivity contribution in [1.82, 2.24) is 0 Å². The quantitative estimate of drug-likeness (QED) is 0.107. The Morgan fingerprint density at radius 2 is 0.286 bits per heavy atom. The lowest BCUT2D eigenvalue weighted by Gasteiger charge is -2.21. The van der Waals surface area contributed by atoms with Crippen LogP contribution in [0.25, 0.3) is 230 Å². The first-order valence-corrected chi connectivity index (χ1v) is 43.6. The fraction of sp³-hybridized carbons (Fsp3) is 0. The van der Waals surface area contributed by atoms with E-state index in [2.05, 4.69) is 510 Å². The van der Waals surface area contributed by atoms with E-state index >= 15 is 0 Å². The molecule has 0 radical (unpaired) electrons. The Morgan fingerprint density at radius 3 is 0.659 bits per heavy atom. The van der Waals surface area contributed by atoms with Gasteiger partial charge >= 0.3 is 0 Å². The first-order valence-electron chi connectivity index (χ1n) is 43.6. The van der Waals surface area contributed by atoms with E-state index < -0.39 is 0 Å². The van der Waals surface area contributed by atoms with E-state index in [1.807, 2.05) is 0 Å². The third-order valence-corrected chi connectivity index (χ3v) is 25.4. The molecule has 0 nitrogen and oxygen atoms in total. The zero-order valence-corrected chi connectivity index (χ0v) is 69.5. The lowest BCUT2D eigenvalue weighted by Crippen LogP contribution is -1.94. The molecule has 0 aliphatic rings. The van der Waals surface area contributed by atoms with Gasteiger partial charge in [0.05, 0.1) is 0 Å². The largest absolute Gasteiger partial charge is 0.0622 e. The number of hydrogen-bond donors (Lipinski definition) is 0. The van der Waals surface area contributed by atoms with Crippen LogP contribution >= 0.6 is 0 Å². The Kier molecular flexibility index (Phi) is 20.2. The monoisotopic (exact) mass is 1600 g/mol. The van der Waals surface area contributed by atoms with Crippen molar-refractivity contribution in [3.8, 4) is 134 Å². The van der Waals surface area contributed by atoms with Crippen molar-refractivity contribution in [2.24, 2.45) is 0 Å². The minimum absolute atomic E-state index is 1.23. The van der Waals surface area contributed by atoms with Gasteiger partial charge in [-0.3, -0.25) is 0 Å². The van der Waals surface area contributed by atoms with Crippen LogP contribution in [-0.2, 0) is 0 Å². The molecule has 0 N–H and O–H groups in total. The zero-order chi connectivity index (χ0) is 83.6. The van der Waals surface area contributed by atoms with Crippen molar-refractivity contribution in [2.45, 2.75) is 0 Å². The summed E-state index contributed by atoms with van der Waals surface area (Å²) < 4.78 is 0. The maximum absolute atomic E-state index is 2.36. The van der Waals surface area contributed by atoms with Gasteiger partial charge in [-0.15, -0.1) is 0 Å². The molecule has 588 valence electrons. The van der Waals surface area contributed by atoms with Gasteiger partial charge in [0.2, 0.25) is 0 Å². The third-order valence-electron chi connectivity index (χ3n) is 25.4. The predicted molar refractivity (Wildman–Crippen MR) is 542 cm³/mol. The molecule has 0 aromatic heterocycles. The van der Waals surface area contributed by atoms with E-state index in [0.717, 1.165) is 0 Å². The lowest BCUT2D eigenvalue weighted by atomic mass is 9.82. The van der Waals surface area contributed by atoms with Crippen LogP contribution in [0, 0.1) is 0 Å². The summed E-state index contributed by atoms with van der Waals surface area (Å²) in [5.74, 6) is 0. The first-order chi connectivity index (χ1) is 62.6. The van der Waals surface area contributed by atoms with Crippen LogP contribution in [0.1, 0.15) is 0 Å². The second-order valence-electron chi connectivity index (χ2n) is 32.6. The standard InChI is InChI=1S/3C42H28/c1-2-15-30(16-3-1)33-18-6-8-20-35(33)41-37-22-10-12-24-39(37)42(40-25-13-11-23-38(40)41)36-21-9-7-19-34(36)32-27-26-29-14-4-5-17-31(29)28-32;1-2-14-30(15-3-1)35-19-6-7-20-36(35)42-39-23-10-8-21-37(39)41(38-22-9-11-24-40(38)42)34-18-12-17-32(28-34)33-26-25-29-13-4-5-16-31(29)27-33;1-2-13-29(14-3-1)35-18-6-7-19-36(35)42-39-22-10-8-20-37(39)41(38-21-9-11-23-40(38)42)32-27-25-31(26-28-32)34-24-12-16-30-15-4-5-17-33(30)34/h3*1-28H. The van der Waals surface area contributed by atoms with Gasteiger partial charge in [-0.25, -0.2) is 0 Å². The molecule has 24 aromatic carbocycles. The highest BCUT2D eigenvalue weighted by Gasteiger charge is 2.25. The van der Waals surface area contributed by atoms with Gasteiger partial charge in [0.15, 0.2) is 0 Å². The second kappa shape index (κ2) is 33.6. The van der Waals surface area contributed by atoms with Gasteiger partial charge in [0.25, 0.3) is 0 Å². The lowest BCUT2D eigenvalue weighted by molar-refractivity contribution is 1.60. The van der Waals surface area contributed by atoms with E-state index in [-0.39, 0.29) is 0 Å². The molecule has 126 heavy (non-hydrogen) atoms. The van der Waals surface area contributed by atoms with Crippen LogP contribution in [0.2, 0.25) is 0 Å². The summed E-state index contributed by atoms with van der Waals surface area (Å²) in [6.45, 7) is 0. The Bertz CT molecular complexity index is 8070. The van der Waals surface area contributed by atoms with Crippen molar-refractivity contribution in [2.75, 3.05) is 0 Å². The summed E-state index contributed by atoms with van der Waals surface area (Å²) in [4.78, 5) is 0. The van der Waals surface area contributed by atoms with E-state index in [1.54, 1.807) is 0 Å². The van der Waals surface area contributed by atoms with Crippen molar-refractivity contribution in [3.63, 3.8) is 0 Å². The number of fused-ring (bicyclic) bond motifs is 9. The van der Waals surface area contributed by atoms with Crippen LogP contribution < -0.4 is 0 Å². The molecule has 0 aliphatic heterocycles. The SMILES string of the molecule is c1ccc(-c2ccccc2-c2c3ccccc3c(-c3ccc(-c4cccc5ccccc45)cc3)c3ccccc23)cc1.c1ccc(-c2ccccc2-c2c3ccccc3c(-c3cccc(-c4ccc5ccccc5c4)c3)c3ccccc23)cc1.c1ccc(-c2ccccc2-c2c3ccccc3c(-c3ccccc3-c3ccc4ccccc4c3)c3ccccc23)cc1.